The van der Waals surface area contributed by atoms with Gasteiger partial charge < -0.3 is 18.8 Å². The molecule has 1 saturated carbocycles. The Labute approximate surface area is 145 Å². The van der Waals surface area contributed by atoms with E-state index in [1.165, 1.54) is 0 Å². The maximum Gasteiger partial charge on any atom is 0.500 e. The number of rotatable bonds is 4. The van der Waals surface area contributed by atoms with E-state index >= 15 is 0 Å². The van der Waals surface area contributed by atoms with Gasteiger partial charge in [-0.25, -0.2) is 4.98 Å². The van der Waals surface area contributed by atoms with Crippen molar-refractivity contribution in [3.63, 3.8) is 0 Å². The predicted octanol–water partition coefficient (Wildman–Crippen LogP) is 3.10. The quantitative estimate of drug-likeness (QED) is 0.793. The van der Waals surface area contributed by atoms with Gasteiger partial charge in [-0.15, -0.1) is 0 Å². The lowest BCUT2D eigenvalue weighted by Crippen LogP contribution is -2.41. The lowest BCUT2D eigenvalue weighted by molar-refractivity contribution is 0.00578. The third-order valence-corrected chi connectivity index (χ3v) is 4.59. The Morgan fingerprint density at radius 1 is 1.12 bits per heavy atom. The van der Waals surface area contributed by atoms with Gasteiger partial charge in [-0.05, 0) is 67.4 Å². The van der Waals surface area contributed by atoms with E-state index in [2.05, 4.69) is 4.98 Å². The molecule has 0 spiro atoms. The van der Waals surface area contributed by atoms with E-state index in [-0.39, 0.29) is 5.60 Å². The summed E-state index contributed by atoms with van der Waals surface area (Å²) in [6, 6.07) is 1.94. The Bertz CT molecular complexity index is 604. The normalized spacial score (nSPS) is 22.5. The number of hydrogen-bond acceptors (Lipinski definition) is 5. The molecule has 1 aromatic rings. The van der Waals surface area contributed by atoms with E-state index in [1.54, 1.807) is 6.20 Å². The van der Waals surface area contributed by atoms with Crippen molar-refractivity contribution in [1.82, 2.24) is 4.98 Å². The van der Waals surface area contributed by atoms with Crippen LogP contribution in [0.3, 0.4) is 0 Å². The average molecular weight is 333 g/mol. The first-order chi connectivity index (χ1) is 11.0. The van der Waals surface area contributed by atoms with Crippen molar-refractivity contribution < 1.29 is 18.8 Å². The van der Waals surface area contributed by atoms with Gasteiger partial charge >= 0.3 is 7.12 Å². The first-order valence-corrected chi connectivity index (χ1v) is 8.68. The Hall–Kier alpha value is -1.27. The van der Waals surface area contributed by atoms with Crippen LogP contribution >= 0.6 is 0 Å². The summed E-state index contributed by atoms with van der Waals surface area (Å²) < 4.78 is 24.3. The van der Waals surface area contributed by atoms with Gasteiger partial charge in [-0.1, -0.05) is 0 Å². The zero-order valence-corrected chi connectivity index (χ0v) is 15.8. The predicted molar refractivity (Wildman–Crippen MR) is 94.0 cm³/mol. The molecule has 24 heavy (non-hydrogen) atoms. The van der Waals surface area contributed by atoms with Crippen molar-refractivity contribution in [3.8, 4) is 11.6 Å². The van der Waals surface area contributed by atoms with Crippen molar-refractivity contribution in [2.24, 2.45) is 0 Å². The molecule has 0 radical (unpaired) electrons. The van der Waals surface area contributed by atoms with Gasteiger partial charge in [0.05, 0.1) is 23.5 Å². The number of pyridine rings is 1. The fourth-order valence-corrected chi connectivity index (χ4v) is 2.41. The summed E-state index contributed by atoms with van der Waals surface area (Å²) in [7, 11) is -0.525. The molecular weight excluding hydrogens is 305 g/mol. The van der Waals surface area contributed by atoms with Crippen LogP contribution in [0.5, 0.6) is 11.6 Å². The molecule has 1 aliphatic carbocycles. The molecule has 6 heteroatoms. The minimum Gasteiger partial charge on any atom is -0.489 e. The molecule has 3 rings (SSSR count). The molecule has 0 unspecified atom stereocenters. The number of hydrogen-bond donors (Lipinski definition) is 0. The molecule has 0 amide bonds. The van der Waals surface area contributed by atoms with Crippen LogP contribution in [0.4, 0.5) is 0 Å². The summed E-state index contributed by atoms with van der Waals surface area (Å²) in [6.07, 6.45) is 4.24. The molecule has 2 aliphatic rings. The highest BCUT2D eigenvalue weighted by molar-refractivity contribution is 6.63. The summed E-state index contributed by atoms with van der Waals surface area (Å²) in [4.78, 5) is 4.48. The second kappa shape index (κ2) is 5.63. The Morgan fingerprint density at radius 3 is 2.21 bits per heavy atom. The summed E-state index contributed by atoms with van der Waals surface area (Å²) in [6.45, 7) is 14.1. The van der Waals surface area contributed by atoms with Crippen LogP contribution in [-0.2, 0) is 9.31 Å². The standard InChI is InChI=1S/C18H28BNO4/c1-16(2,3)22-15-14(10-13(11-20-15)21-12-8-9-12)19-23-17(4,5)18(6,7)24-19/h10-12H,8-9H2,1-7H3. The molecule has 0 bridgehead atoms. The molecule has 5 nitrogen and oxygen atoms in total. The van der Waals surface area contributed by atoms with E-state index in [9.17, 15) is 0 Å². The topological polar surface area (TPSA) is 49.8 Å². The van der Waals surface area contributed by atoms with Crippen LogP contribution in [-0.4, -0.2) is 35.0 Å². The molecule has 1 saturated heterocycles. The molecule has 132 valence electrons. The zero-order chi connectivity index (χ0) is 17.8. The first kappa shape index (κ1) is 17.6. The van der Waals surface area contributed by atoms with Crippen molar-refractivity contribution in [2.75, 3.05) is 0 Å². The van der Waals surface area contributed by atoms with Crippen molar-refractivity contribution in [1.29, 1.82) is 0 Å². The first-order valence-electron chi connectivity index (χ1n) is 8.68. The maximum absolute atomic E-state index is 6.18. The third kappa shape index (κ3) is 3.70. The van der Waals surface area contributed by atoms with E-state index in [1.807, 2.05) is 54.5 Å². The number of nitrogens with zero attached hydrogens (tertiary/aromatic N) is 1. The Morgan fingerprint density at radius 2 is 1.71 bits per heavy atom. The zero-order valence-electron chi connectivity index (χ0n) is 15.8. The van der Waals surface area contributed by atoms with Crippen molar-refractivity contribution >= 4 is 12.6 Å². The molecular formula is C18H28BNO4. The minimum atomic E-state index is -0.525. The smallest absolute Gasteiger partial charge is 0.489 e. The van der Waals surface area contributed by atoms with Gasteiger partial charge in [-0.3, -0.25) is 0 Å². The fraction of sp³-hybridized carbons (Fsp3) is 0.722. The van der Waals surface area contributed by atoms with Gasteiger partial charge in [0.2, 0.25) is 5.88 Å². The van der Waals surface area contributed by atoms with Gasteiger partial charge in [0, 0.05) is 5.46 Å². The van der Waals surface area contributed by atoms with Gasteiger partial charge in [0.1, 0.15) is 11.4 Å². The second-order valence-electron chi connectivity index (χ2n) is 8.69. The van der Waals surface area contributed by atoms with Crippen molar-refractivity contribution in [3.05, 3.63) is 12.3 Å². The SMILES string of the molecule is CC(C)(C)Oc1ncc(OC2CC2)cc1B1OC(C)(C)C(C)(C)O1. The van der Waals surface area contributed by atoms with Gasteiger partial charge in [0.25, 0.3) is 0 Å². The number of aromatic nitrogens is 1. The fourth-order valence-electron chi connectivity index (χ4n) is 2.41. The molecule has 1 aliphatic heterocycles. The highest BCUT2D eigenvalue weighted by atomic mass is 16.7. The number of ether oxygens (including phenoxy) is 2. The van der Waals surface area contributed by atoms with Crippen molar-refractivity contribution in [2.45, 2.75) is 84.2 Å². The lowest BCUT2D eigenvalue weighted by Gasteiger charge is -2.32. The maximum atomic E-state index is 6.18. The second-order valence-corrected chi connectivity index (χ2v) is 8.69. The minimum absolute atomic E-state index is 0.312. The molecule has 0 N–H and O–H groups in total. The molecule has 2 heterocycles. The molecule has 1 aromatic heterocycles. The summed E-state index contributed by atoms with van der Waals surface area (Å²) in [5.74, 6) is 1.27. The largest absolute Gasteiger partial charge is 0.500 e. The van der Waals surface area contributed by atoms with E-state index in [0.717, 1.165) is 24.1 Å². The van der Waals surface area contributed by atoms with Crippen LogP contribution in [0.1, 0.15) is 61.3 Å². The van der Waals surface area contributed by atoms with Crippen LogP contribution in [0.2, 0.25) is 0 Å². The monoisotopic (exact) mass is 333 g/mol. The summed E-state index contributed by atoms with van der Waals surface area (Å²) in [5, 5.41) is 0. The van der Waals surface area contributed by atoms with Crippen LogP contribution in [0, 0.1) is 0 Å². The Kier molecular flexibility index (Phi) is 4.12. The van der Waals surface area contributed by atoms with Gasteiger partial charge in [0.15, 0.2) is 0 Å². The summed E-state index contributed by atoms with van der Waals surface area (Å²) in [5.41, 5.74) is -0.403. The van der Waals surface area contributed by atoms with E-state index < -0.39 is 18.3 Å². The van der Waals surface area contributed by atoms with Crippen LogP contribution in [0.25, 0.3) is 0 Å². The molecule has 0 aromatic carbocycles. The van der Waals surface area contributed by atoms with Gasteiger partial charge in [-0.2, -0.15) is 0 Å². The van der Waals surface area contributed by atoms with E-state index in [4.69, 9.17) is 18.8 Å². The molecule has 0 atom stereocenters. The van der Waals surface area contributed by atoms with Crippen LogP contribution in [0.15, 0.2) is 12.3 Å². The highest BCUT2D eigenvalue weighted by Crippen LogP contribution is 2.37. The lowest BCUT2D eigenvalue weighted by atomic mass is 9.79. The van der Waals surface area contributed by atoms with E-state index in [0.29, 0.717) is 12.0 Å². The average Bonchev–Trinajstić information content (AvgIpc) is 3.17. The third-order valence-electron chi connectivity index (χ3n) is 4.59. The van der Waals surface area contributed by atoms with Crippen LogP contribution < -0.4 is 14.9 Å². The Balaban J connectivity index is 1.93. The summed E-state index contributed by atoms with van der Waals surface area (Å²) >= 11 is 0. The highest BCUT2D eigenvalue weighted by Gasteiger charge is 2.53. The molecule has 2 fully saturated rings.